The molecule has 4 nitrogen and oxygen atoms in total. The maximum atomic E-state index is 6.57. The van der Waals surface area contributed by atoms with Crippen LogP contribution in [0.2, 0.25) is 0 Å². The number of rotatable bonds is 2. The van der Waals surface area contributed by atoms with Crippen molar-refractivity contribution in [2.75, 3.05) is 13.1 Å². The van der Waals surface area contributed by atoms with Crippen LogP contribution in [0.1, 0.15) is 41.5 Å². The molecule has 2 aliphatic rings. The maximum Gasteiger partial charge on any atom is 0.151 e. The van der Waals surface area contributed by atoms with Crippen LogP contribution in [0.25, 0.3) is 11.0 Å². The molecule has 0 radical (unpaired) electrons. The van der Waals surface area contributed by atoms with Crippen LogP contribution in [0.4, 0.5) is 0 Å². The van der Waals surface area contributed by atoms with Gasteiger partial charge in [0.1, 0.15) is 22.4 Å². The lowest BCUT2D eigenvalue weighted by Gasteiger charge is -2.35. The van der Waals surface area contributed by atoms with E-state index in [9.17, 15) is 0 Å². The zero-order valence-corrected chi connectivity index (χ0v) is 16.6. The van der Waals surface area contributed by atoms with Gasteiger partial charge in [0.05, 0.1) is 5.52 Å². The SMILES string of the molecule is Cc1nc2c3c(c(C(=S)N4CCC4)cc2n1C)CCC(c1ccccc1)O3. The van der Waals surface area contributed by atoms with Crippen LogP contribution in [0, 0.1) is 6.92 Å². The molecule has 2 aliphatic heterocycles. The Bertz CT molecular complexity index is 1040. The Morgan fingerprint density at radius 2 is 2.00 bits per heavy atom. The smallest absolute Gasteiger partial charge is 0.151 e. The number of ether oxygens (including phenoxy) is 1. The van der Waals surface area contributed by atoms with Crippen LogP contribution in [-0.2, 0) is 13.5 Å². The van der Waals surface area contributed by atoms with Gasteiger partial charge in [-0.1, -0.05) is 42.5 Å². The first-order valence-electron chi connectivity index (χ1n) is 9.63. The van der Waals surface area contributed by atoms with E-state index >= 15 is 0 Å². The Morgan fingerprint density at radius 3 is 2.70 bits per heavy atom. The van der Waals surface area contributed by atoms with E-state index in [1.54, 1.807) is 0 Å². The van der Waals surface area contributed by atoms with Crippen molar-refractivity contribution >= 4 is 28.2 Å². The summed E-state index contributed by atoms with van der Waals surface area (Å²) in [5, 5.41) is 0. The lowest BCUT2D eigenvalue weighted by atomic mass is 9.92. The minimum Gasteiger partial charge on any atom is -0.483 e. The van der Waals surface area contributed by atoms with Crippen molar-refractivity contribution in [1.29, 1.82) is 0 Å². The highest BCUT2D eigenvalue weighted by Gasteiger charge is 2.30. The summed E-state index contributed by atoms with van der Waals surface area (Å²) in [6.45, 7) is 4.16. The Hall–Kier alpha value is -2.40. The minimum absolute atomic E-state index is 0.0667. The molecule has 1 aromatic heterocycles. The van der Waals surface area contributed by atoms with Gasteiger partial charge in [-0.3, -0.25) is 0 Å². The largest absolute Gasteiger partial charge is 0.483 e. The van der Waals surface area contributed by atoms with Crippen LogP contribution >= 0.6 is 12.2 Å². The summed E-state index contributed by atoms with van der Waals surface area (Å²) in [4.78, 5) is 8.07. The number of hydrogen-bond acceptors (Lipinski definition) is 3. The summed E-state index contributed by atoms with van der Waals surface area (Å²) in [7, 11) is 2.06. The Balaban J connectivity index is 1.66. The van der Waals surface area contributed by atoms with E-state index in [1.165, 1.54) is 17.5 Å². The number of imidazole rings is 1. The minimum atomic E-state index is 0.0667. The topological polar surface area (TPSA) is 30.3 Å². The summed E-state index contributed by atoms with van der Waals surface area (Å²) in [6.07, 6.45) is 3.22. The molecule has 0 bridgehead atoms. The van der Waals surface area contributed by atoms with Crippen molar-refractivity contribution in [2.45, 2.75) is 32.3 Å². The molecule has 3 aromatic rings. The van der Waals surface area contributed by atoms with Crippen molar-refractivity contribution in [2.24, 2.45) is 7.05 Å². The molecule has 1 saturated heterocycles. The number of nitrogens with zero attached hydrogens (tertiary/aromatic N) is 3. The normalized spacial score (nSPS) is 18.7. The van der Waals surface area contributed by atoms with E-state index in [2.05, 4.69) is 46.8 Å². The molecule has 1 unspecified atom stereocenters. The van der Waals surface area contributed by atoms with E-state index in [1.807, 2.05) is 13.0 Å². The lowest BCUT2D eigenvalue weighted by Crippen LogP contribution is -2.42. The van der Waals surface area contributed by atoms with Crippen molar-refractivity contribution in [3.8, 4) is 5.75 Å². The van der Waals surface area contributed by atoms with Crippen molar-refractivity contribution < 1.29 is 4.74 Å². The van der Waals surface area contributed by atoms with E-state index in [0.29, 0.717) is 0 Å². The number of benzene rings is 2. The van der Waals surface area contributed by atoms with Gasteiger partial charge in [0.25, 0.3) is 0 Å². The molecule has 0 spiro atoms. The second-order valence-electron chi connectivity index (χ2n) is 7.52. The third-order valence-corrected chi connectivity index (χ3v) is 6.40. The second-order valence-corrected chi connectivity index (χ2v) is 7.91. The van der Waals surface area contributed by atoms with Gasteiger partial charge in [0.2, 0.25) is 0 Å². The number of aryl methyl sites for hydroxylation is 2. The summed E-state index contributed by atoms with van der Waals surface area (Å²) < 4.78 is 8.70. The molecule has 0 N–H and O–H groups in total. The van der Waals surface area contributed by atoms with Crippen LogP contribution in [0.5, 0.6) is 5.75 Å². The first-order valence-corrected chi connectivity index (χ1v) is 10.0. The highest BCUT2D eigenvalue weighted by Crippen LogP contribution is 2.42. The summed E-state index contributed by atoms with van der Waals surface area (Å²) >= 11 is 5.86. The highest BCUT2D eigenvalue weighted by molar-refractivity contribution is 7.80. The third-order valence-electron chi connectivity index (χ3n) is 5.92. The molecular weight excluding hydrogens is 354 g/mol. The predicted octanol–water partition coefficient (Wildman–Crippen LogP) is 4.33. The molecule has 0 amide bonds. The van der Waals surface area contributed by atoms with E-state index in [4.69, 9.17) is 21.9 Å². The van der Waals surface area contributed by atoms with Crippen LogP contribution < -0.4 is 4.74 Å². The monoisotopic (exact) mass is 377 g/mol. The fourth-order valence-electron chi connectivity index (χ4n) is 4.08. The number of fused-ring (bicyclic) bond motifs is 3. The molecular formula is C22H23N3OS. The molecule has 5 heteroatoms. The molecule has 2 aromatic carbocycles. The zero-order valence-electron chi connectivity index (χ0n) is 15.7. The Labute approximate surface area is 164 Å². The molecule has 0 saturated carbocycles. The highest BCUT2D eigenvalue weighted by atomic mass is 32.1. The van der Waals surface area contributed by atoms with Gasteiger partial charge in [-0.15, -0.1) is 0 Å². The van der Waals surface area contributed by atoms with Gasteiger partial charge in [-0.2, -0.15) is 0 Å². The maximum absolute atomic E-state index is 6.57. The standard InChI is InChI=1S/C22H23N3OS/c1-14-23-20-18(24(14)2)13-17(22(27)25-11-6-12-25)16-9-10-19(26-21(16)20)15-7-4-3-5-8-15/h3-5,7-8,13,19H,6,9-12H2,1-2H3. The number of hydrogen-bond donors (Lipinski definition) is 0. The van der Waals surface area contributed by atoms with Crippen molar-refractivity contribution in [1.82, 2.24) is 14.5 Å². The summed E-state index contributed by atoms with van der Waals surface area (Å²) in [5.41, 5.74) is 5.66. The third kappa shape index (κ3) is 2.64. The fraction of sp³-hybridized carbons (Fsp3) is 0.364. The first-order chi connectivity index (χ1) is 13.1. The summed E-state index contributed by atoms with van der Waals surface area (Å²) in [6, 6.07) is 12.7. The van der Waals surface area contributed by atoms with E-state index < -0.39 is 0 Å². The number of aromatic nitrogens is 2. The molecule has 5 rings (SSSR count). The van der Waals surface area contributed by atoms with Crippen LogP contribution in [0.15, 0.2) is 36.4 Å². The fourth-order valence-corrected chi connectivity index (χ4v) is 4.45. The quantitative estimate of drug-likeness (QED) is 0.622. The molecule has 138 valence electrons. The van der Waals surface area contributed by atoms with Gasteiger partial charge in [-0.05, 0) is 37.8 Å². The molecule has 3 heterocycles. The molecule has 1 atom stereocenters. The van der Waals surface area contributed by atoms with Gasteiger partial charge < -0.3 is 14.2 Å². The average Bonchev–Trinajstić information content (AvgIpc) is 2.94. The van der Waals surface area contributed by atoms with Crippen molar-refractivity contribution in [3.63, 3.8) is 0 Å². The Kier molecular flexibility index (Phi) is 3.93. The van der Waals surface area contributed by atoms with Crippen molar-refractivity contribution in [3.05, 3.63) is 58.9 Å². The average molecular weight is 378 g/mol. The number of likely N-dealkylation sites (tertiary alicyclic amines) is 1. The second kappa shape index (κ2) is 6.34. The van der Waals surface area contributed by atoms with Crippen LogP contribution in [-0.4, -0.2) is 32.5 Å². The molecule has 1 fully saturated rings. The first kappa shape index (κ1) is 16.8. The molecule has 27 heavy (non-hydrogen) atoms. The van der Waals surface area contributed by atoms with Crippen LogP contribution in [0.3, 0.4) is 0 Å². The predicted molar refractivity (Wildman–Crippen MR) is 111 cm³/mol. The zero-order chi connectivity index (χ0) is 18.5. The van der Waals surface area contributed by atoms with E-state index in [-0.39, 0.29) is 6.10 Å². The number of thiocarbonyl (C=S) groups is 1. The van der Waals surface area contributed by atoms with Gasteiger partial charge >= 0.3 is 0 Å². The van der Waals surface area contributed by atoms with Gasteiger partial charge in [-0.25, -0.2) is 4.98 Å². The summed E-state index contributed by atoms with van der Waals surface area (Å²) in [5.74, 6) is 1.92. The van der Waals surface area contributed by atoms with E-state index in [0.717, 1.165) is 59.1 Å². The van der Waals surface area contributed by atoms with Gasteiger partial charge in [0, 0.05) is 31.3 Å². The van der Waals surface area contributed by atoms with Gasteiger partial charge in [0.15, 0.2) is 5.75 Å². The Morgan fingerprint density at radius 1 is 1.22 bits per heavy atom. The molecule has 0 aliphatic carbocycles. The lowest BCUT2D eigenvalue weighted by molar-refractivity contribution is 0.179.